The maximum Gasteiger partial charge on any atom is 0.218 e. The van der Waals surface area contributed by atoms with Crippen molar-refractivity contribution in [2.45, 2.75) is 32.1 Å². The van der Waals surface area contributed by atoms with Gasteiger partial charge in [0.2, 0.25) is 10.0 Å². The number of hydrogen-bond donors (Lipinski definition) is 0. The molecule has 0 heterocycles. The van der Waals surface area contributed by atoms with Crippen molar-refractivity contribution in [2.24, 2.45) is 0 Å². The predicted octanol–water partition coefficient (Wildman–Crippen LogP) is 3.64. The molecule has 0 atom stereocenters. The SMILES string of the molecule is CC(C)c1ccc(CN(C)S(=O)(=O)Cc2ccccc2C#N)cc1. The van der Waals surface area contributed by atoms with Gasteiger partial charge in [0.1, 0.15) is 0 Å². The highest BCUT2D eigenvalue weighted by Gasteiger charge is 2.20. The molecule has 0 radical (unpaired) electrons. The third-order valence-electron chi connectivity index (χ3n) is 4.00. The first kappa shape index (κ1) is 18.2. The van der Waals surface area contributed by atoms with Gasteiger partial charge in [-0.05, 0) is 28.7 Å². The zero-order valence-corrected chi connectivity index (χ0v) is 15.0. The quantitative estimate of drug-likeness (QED) is 0.805. The lowest BCUT2D eigenvalue weighted by molar-refractivity contribution is 0.466. The number of rotatable bonds is 6. The molecule has 5 heteroatoms. The number of sulfonamides is 1. The van der Waals surface area contributed by atoms with Gasteiger partial charge >= 0.3 is 0 Å². The lowest BCUT2D eigenvalue weighted by Crippen LogP contribution is -2.28. The summed E-state index contributed by atoms with van der Waals surface area (Å²) in [6.07, 6.45) is 0. The van der Waals surface area contributed by atoms with Gasteiger partial charge in [-0.25, -0.2) is 12.7 Å². The van der Waals surface area contributed by atoms with E-state index < -0.39 is 10.0 Å². The predicted molar refractivity (Wildman–Crippen MR) is 95.8 cm³/mol. The molecule has 2 aromatic carbocycles. The van der Waals surface area contributed by atoms with Crippen LogP contribution < -0.4 is 0 Å². The van der Waals surface area contributed by atoms with Gasteiger partial charge in [0, 0.05) is 13.6 Å². The minimum absolute atomic E-state index is 0.169. The van der Waals surface area contributed by atoms with E-state index in [1.807, 2.05) is 30.3 Å². The fraction of sp³-hybridized carbons (Fsp3) is 0.316. The van der Waals surface area contributed by atoms with E-state index in [4.69, 9.17) is 5.26 Å². The van der Waals surface area contributed by atoms with E-state index in [1.54, 1.807) is 31.3 Å². The number of nitriles is 1. The summed E-state index contributed by atoms with van der Waals surface area (Å²) in [5.41, 5.74) is 3.10. The van der Waals surface area contributed by atoms with E-state index in [0.717, 1.165) is 5.56 Å². The van der Waals surface area contributed by atoms with Gasteiger partial charge in [0.25, 0.3) is 0 Å². The van der Waals surface area contributed by atoms with Crippen molar-refractivity contribution in [3.8, 4) is 6.07 Å². The normalized spacial score (nSPS) is 11.7. The Kier molecular flexibility index (Phi) is 5.76. The molecule has 0 aromatic heterocycles. The Bertz CT molecular complexity index is 834. The fourth-order valence-electron chi connectivity index (χ4n) is 2.43. The summed E-state index contributed by atoms with van der Waals surface area (Å²) >= 11 is 0. The molecule has 0 amide bonds. The molecule has 2 rings (SSSR count). The molecule has 126 valence electrons. The molecule has 24 heavy (non-hydrogen) atoms. The van der Waals surface area contributed by atoms with Crippen molar-refractivity contribution < 1.29 is 8.42 Å². The Balaban J connectivity index is 2.13. The Hall–Kier alpha value is -2.16. The van der Waals surface area contributed by atoms with E-state index >= 15 is 0 Å². The molecule has 4 nitrogen and oxygen atoms in total. The van der Waals surface area contributed by atoms with Crippen LogP contribution >= 0.6 is 0 Å². The summed E-state index contributed by atoms with van der Waals surface area (Å²) in [4.78, 5) is 0. The molecule has 0 aliphatic carbocycles. The molecule has 0 spiro atoms. The van der Waals surface area contributed by atoms with Crippen LogP contribution in [0.25, 0.3) is 0 Å². The van der Waals surface area contributed by atoms with E-state index in [-0.39, 0.29) is 5.75 Å². The van der Waals surface area contributed by atoms with Crippen LogP contribution in [0.5, 0.6) is 0 Å². The van der Waals surface area contributed by atoms with Crippen LogP contribution in [0.1, 0.15) is 42.0 Å². The molecule has 0 bridgehead atoms. The third-order valence-corrected chi connectivity index (χ3v) is 5.76. The molecule has 0 fully saturated rings. The minimum Gasteiger partial charge on any atom is -0.212 e. The van der Waals surface area contributed by atoms with Crippen molar-refractivity contribution in [2.75, 3.05) is 7.05 Å². The highest BCUT2D eigenvalue weighted by Crippen LogP contribution is 2.18. The average molecular weight is 342 g/mol. The lowest BCUT2D eigenvalue weighted by Gasteiger charge is -2.18. The molecular formula is C19H22N2O2S. The molecule has 0 N–H and O–H groups in total. The molecular weight excluding hydrogens is 320 g/mol. The second-order valence-corrected chi connectivity index (χ2v) is 8.25. The number of benzene rings is 2. The van der Waals surface area contributed by atoms with Gasteiger partial charge in [0.15, 0.2) is 0 Å². The summed E-state index contributed by atoms with van der Waals surface area (Å²) in [6.45, 7) is 4.56. The van der Waals surface area contributed by atoms with Crippen molar-refractivity contribution in [3.05, 3.63) is 70.8 Å². The number of nitrogens with zero attached hydrogens (tertiary/aromatic N) is 2. The molecule has 0 aliphatic rings. The zero-order valence-electron chi connectivity index (χ0n) is 14.2. The standard InChI is InChI=1S/C19H22N2O2S/c1-15(2)17-10-8-16(9-11-17)13-21(3)24(22,23)14-19-7-5-4-6-18(19)12-20/h4-11,15H,13-14H2,1-3H3. The second-order valence-electron chi connectivity index (χ2n) is 6.18. The van der Waals surface area contributed by atoms with E-state index in [0.29, 0.717) is 23.6 Å². The maximum absolute atomic E-state index is 12.6. The lowest BCUT2D eigenvalue weighted by atomic mass is 10.0. The van der Waals surface area contributed by atoms with Crippen LogP contribution in [0.2, 0.25) is 0 Å². The molecule has 0 aliphatic heterocycles. The van der Waals surface area contributed by atoms with Gasteiger partial charge in [0.05, 0.1) is 17.4 Å². The Labute approximate surface area is 144 Å². The summed E-state index contributed by atoms with van der Waals surface area (Å²) in [6, 6.07) is 16.8. The second kappa shape index (κ2) is 7.61. The van der Waals surface area contributed by atoms with Gasteiger partial charge in [-0.15, -0.1) is 0 Å². The van der Waals surface area contributed by atoms with Gasteiger partial charge in [-0.3, -0.25) is 0 Å². The van der Waals surface area contributed by atoms with Gasteiger partial charge < -0.3 is 0 Å². The monoisotopic (exact) mass is 342 g/mol. The van der Waals surface area contributed by atoms with Crippen LogP contribution in [0.4, 0.5) is 0 Å². The first-order chi connectivity index (χ1) is 11.3. The Morgan fingerprint density at radius 1 is 1.08 bits per heavy atom. The van der Waals surface area contributed by atoms with Gasteiger partial charge in [-0.2, -0.15) is 5.26 Å². The van der Waals surface area contributed by atoms with Crippen LogP contribution in [0.3, 0.4) is 0 Å². The molecule has 2 aromatic rings. The summed E-state index contributed by atoms with van der Waals surface area (Å²) < 4.78 is 26.5. The minimum atomic E-state index is -3.49. The van der Waals surface area contributed by atoms with Crippen LogP contribution in [-0.2, 0) is 22.3 Å². The van der Waals surface area contributed by atoms with E-state index in [2.05, 4.69) is 13.8 Å². The third kappa shape index (κ3) is 4.44. The molecule has 0 saturated heterocycles. The topological polar surface area (TPSA) is 61.2 Å². The largest absolute Gasteiger partial charge is 0.218 e. The first-order valence-electron chi connectivity index (χ1n) is 7.84. The van der Waals surface area contributed by atoms with Crippen LogP contribution in [-0.4, -0.2) is 19.8 Å². The van der Waals surface area contributed by atoms with E-state index in [9.17, 15) is 8.42 Å². The van der Waals surface area contributed by atoms with Crippen LogP contribution in [0, 0.1) is 11.3 Å². The smallest absolute Gasteiger partial charge is 0.212 e. The summed E-state index contributed by atoms with van der Waals surface area (Å²) in [5.74, 6) is 0.278. The maximum atomic E-state index is 12.6. The van der Waals surface area contributed by atoms with E-state index in [1.165, 1.54) is 9.87 Å². The van der Waals surface area contributed by atoms with Crippen molar-refractivity contribution in [1.82, 2.24) is 4.31 Å². The van der Waals surface area contributed by atoms with Crippen molar-refractivity contribution in [3.63, 3.8) is 0 Å². The zero-order chi connectivity index (χ0) is 17.7. The van der Waals surface area contributed by atoms with Crippen molar-refractivity contribution in [1.29, 1.82) is 5.26 Å². The summed E-state index contributed by atoms with van der Waals surface area (Å²) in [5, 5.41) is 9.10. The van der Waals surface area contributed by atoms with Crippen molar-refractivity contribution >= 4 is 10.0 Å². The fourth-order valence-corrected chi connectivity index (χ4v) is 3.64. The van der Waals surface area contributed by atoms with Crippen LogP contribution in [0.15, 0.2) is 48.5 Å². The highest BCUT2D eigenvalue weighted by molar-refractivity contribution is 7.88. The highest BCUT2D eigenvalue weighted by atomic mass is 32.2. The van der Waals surface area contributed by atoms with Gasteiger partial charge in [-0.1, -0.05) is 56.3 Å². The summed E-state index contributed by atoms with van der Waals surface area (Å²) in [7, 11) is -1.92. The first-order valence-corrected chi connectivity index (χ1v) is 9.45. The molecule has 0 unspecified atom stereocenters. The number of hydrogen-bond acceptors (Lipinski definition) is 3. The Morgan fingerprint density at radius 2 is 1.71 bits per heavy atom. The molecule has 0 saturated carbocycles. The average Bonchev–Trinajstić information content (AvgIpc) is 2.55. The Morgan fingerprint density at radius 3 is 2.29 bits per heavy atom.